The van der Waals surface area contributed by atoms with E-state index in [1.807, 2.05) is 30.7 Å². The first-order chi connectivity index (χ1) is 14.7. The van der Waals surface area contributed by atoms with Crippen molar-refractivity contribution in [2.45, 2.75) is 26.6 Å². The number of hydrogen-bond donors (Lipinski definition) is 2. The second-order valence-corrected chi connectivity index (χ2v) is 7.46. The molecular formula is C24H31N5O. The van der Waals surface area contributed by atoms with E-state index in [-0.39, 0.29) is 0 Å². The van der Waals surface area contributed by atoms with Gasteiger partial charge in [-0.1, -0.05) is 61.5 Å². The van der Waals surface area contributed by atoms with E-state index in [1.54, 1.807) is 13.2 Å². The van der Waals surface area contributed by atoms with E-state index < -0.39 is 0 Å². The molecule has 2 aromatic carbocycles. The van der Waals surface area contributed by atoms with Crippen LogP contribution in [0.25, 0.3) is 0 Å². The van der Waals surface area contributed by atoms with E-state index in [0.29, 0.717) is 19.1 Å². The Hall–Kier alpha value is -3.12. The van der Waals surface area contributed by atoms with Crippen molar-refractivity contribution in [1.29, 1.82) is 0 Å². The molecule has 1 heterocycles. The minimum atomic E-state index is 0.384. The monoisotopic (exact) mass is 405 g/mol. The van der Waals surface area contributed by atoms with Crippen LogP contribution in [0, 0.1) is 5.92 Å². The summed E-state index contributed by atoms with van der Waals surface area (Å²) in [4.78, 5) is 8.39. The fraction of sp³-hybridized carbons (Fsp3) is 0.333. The van der Waals surface area contributed by atoms with Crippen LogP contribution in [0.2, 0.25) is 0 Å². The second kappa shape index (κ2) is 11.8. The van der Waals surface area contributed by atoms with Gasteiger partial charge in [0, 0.05) is 39.1 Å². The van der Waals surface area contributed by atoms with Crippen LogP contribution in [0.1, 0.15) is 23.6 Å². The average Bonchev–Trinajstić information content (AvgIpc) is 3.29. The molecule has 3 rings (SSSR count). The SMILES string of the molecule is CN=C(NCc1ccc(Cn2ccnc2)cc1)NCC(C)COCc1ccccc1. The predicted octanol–water partition coefficient (Wildman–Crippen LogP) is 3.45. The van der Waals surface area contributed by atoms with E-state index in [2.05, 4.69) is 68.5 Å². The van der Waals surface area contributed by atoms with Gasteiger partial charge in [0.25, 0.3) is 0 Å². The van der Waals surface area contributed by atoms with Crippen LogP contribution in [0.3, 0.4) is 0 Å². The molecule has 0 aliphatic heterocycles. The van der Waals surface area contributed by atoms with Crippen molar-refractivity contribution in [2.75, 3.05) is 20.2 Å². The Morgan fingerprint density at radius 1 is 1.03 bits per heavy atom. The van der Waals surface area contributed by atoms with Crippen LogP contribution < -0.4 is 10.6 Å². The van der Waals surface area contributed by atoms with Crippen LogP contribution in [-0.4, -0.2) is 35.7 Å². The van der Waals surface area contributed by atoms with E-state index in [4.69, 9.17) is 4.74 Å². The predicted molar refractivity (Wildman–Crippen MR) is 121 cm³/mol. The van der Waals surface area contributed by atoms with E-state index in [0.717, 1.165) is 25.6 Å². The maximum atomic E-state index is 5.82. The van der Waals surface area contributed by atoms with Gasteiger partial charge in [0.15, 0.2) is 5.96 Å². The molecular weight excluding hydrogens is 374 g/mol. The molecule has 2 N–H and O–H groups in total. The minimum absolute atomic E-state index is 0.384. The Kier molecular flexibility index (Phi) is 8.47. The highest BCUT2D eigenvalue weighted by Gasteiger charge is 2.05. The maximum absolute atomic E-state index is 5.82. The fourth-order valence-corrected chi connectivity index (χ4v) is 3.04. The third kappa shape index (κ3) is 7.37. The Balaban J connectivity index is 1.35. The second-order valence-electron chi connectivity index (χ2n) is 7.46. The zero-order chi connectivity index (χ0) is 21.0. The number of imidazole rings is 1. The van der Waals surface area contributed by atoms with Crippen molar-refractivity contribution in [2.24, 2.45) is 10.9 Å². The fourth-order valence-electron chi connectivity index (χ4n) is 3.04. The average molecular weight is 406 g/mol. The largest absolute Gasteiger partial charge is 0.376 e. The van der Waals surface area contributed by atoms with Crippen LogP contribution in [-0.2, 0) is 24.4 Å². The lowest BCUT2D eigenvalue weighted by Gasteiger charge is -2.16. The molecule has 6 nitrogen and oxygen atoms in total. The normalized spacial score (nSPS) is 12.5. The summed E-state index contributed by atoms with van der Waals surface area (Å²) in [7, 11) is 1.79. The molecule has 1 aromatic heterocycles. The van der Waals surface area contributed by atoms with Gasteiger partial charge in [-0.2, -0.15) is 0 Å². The Bertz CT molecular complexity index is 876. The lowest BCUT2D eigenvalue weighted by atomic mass is 10.1. The molecule has 6 heteroatoms. The van der Waals surface area contributed by atoms with Crippen molar-refractivity contribution in [1.82, 2.24) is 20.2 Å². The summed E-state index contributed by atoms with van der Waals surface area (Å²) in [6.45, 7) is 5.89. The standard InChI is InChI=1S/C24H31N5O/c1-20(17-30-18-23-6-4-3-5-7-23)14-27-24(25-2)28-15-21-8-10-22(11-9-21)16-29-13-12-26-19-29/h3-13,19-20H,14-18H2,1-2H3,(H2,25,27,28). The third-order valence-corrected chi connectivity index (χ3v) is 4.76. The zero-order valence-corrected chi connectivity index (χ0v) is 17.8. The number of nitrogens with zero attached hydrogens (tertiary/aromatic N) is 3. The van der Waals surface area contributed by atoms with Gasteiger partial charge in [-0.05, 0) is 22.6 Å². The molecule has 3 aromatic rings. The number of rotatable bonds is 10. The smallest absolute Gasteiger partial charge is 0.191 e. The van der Waals surface area contributed by atoms with Crippen molar-refractivity contribution in [3.63, 3.8) is 0 Å². The van der Waals surface area contributed by atoms with Crippen molar-refractivity contribution < 1.29 is 4.74 Å². The summed E-state index contributed by atoms with van der Waals surface area (Å²) in [5.74, 6) is 1.18. The molecule has 0 radical (unpaired) electrons. The van der Waals surface area contributed by atoms with Gasteiger partial charge in [-0.25, -0.2) is 4.98 Å². The number of ether oxygens (including phenoxy) is 1. The number of aliphatic imine (C=N–C) groups is 1. The molecule has 0 aliphatic rings. The Morgan fingerprint density at radius 3 is 2.50 bits per heavy atom. The van der Waals surface area contributed by atoms with Gasteiger partial charge in [-0.3, -0.25) is 4.99 Å². The molecule has 0 saturated heterocycles. The molecule has 1 atom stereocenters. The molecule has 0 fully saturated rings. The number of hydrogen-bond acceptors (Lipinski definition) is 3. The van der Waals surface area contributed by atoms with E-state index in [9.17, 15) is 0 Å². The molecule has 0 saturated carbocycles. The maximum Gasteiger partial charge on any atom is 0.191 e. The number of benzene rings is 2. The molecule has 0 spiro atoms. The van der Waals surface area contributed by atoms with Crippen molar-refractivity contribution in [3.05, 3.63) is 90.0 Å². The first-order valence-corrected chi connectivity index (χ1v) is 10.3. The first-order valence-electron chi connectivity index (χ1n) is 10.3. The van der Waals surface area contributed by atoms with Gasteiger partial charge in [0.1, 0.15) is 0 Å². The van der Waals surface area contributed by atoms with E-state index in [1.165, 1.54) is 16.7 Å². The topological polar surface area (TPSA) is 63.5 Å². The summed E-state index contributed by atoms with van der Waals surface area (Å²) in [5, 5.41) is 6.75. The minimum Gasteiger partial charge on any atom is -0.376 e. The first kappa shape index (κ1) is 21.6. The van der Waals surface area contributed by atoms with E-state index >= 15 is 0 Å². The summed E-state index contributed by atoms with van der Waals surface area (Å²) >= 11 is 0. The van der Waals surface area contributed by atoms with Crippen LogP contribution >= 0.6 is 0 Å². The van der Waals surface area contributed by atoms with Gasteiger partial charge in [0.05, 0.1) is 19.5 Å². The lowest BCUT2D eigenvalue weighted by molar-refractivity contribution is 0.0931. The summed E-state index contributed by atoms with van der Waals surface area (Å²) in [6.07, 6.45) is 5.60. The highest BCUT2D eigenvalue weighted by Crippen LogP contribution is 2.07. The van der Waals surface area contributed by atoms with Crippen molar-refractivity contribution in [3.8, 4) is 0 Å². The zero-order valence-electron chi connectivity index (χ0n) is 17.8. The van der Waals surface area contributed by atoms with Gasteiger partial charge >= 0.3 is 0 Å². The molecule has 0 aliphatic carbocycles. The van der Waals surface area contributed by atoms with Crippen LogP contribution in [0.5, 0.6) is 0 Å². The Morgan fingerprint density at radius 2 is 1.80 bits per heavy atom. The number of nitrogens with one attached hydrogen (secondary N) is 2. The number of guanidine groups is 1. The molecule has 30 heavy (non-hydrogen) atoms. The summed E-state index contributed by atoms with van der Waals surface area (Å²) in [6, 6.07) is 18.8. The summed E-state index contributed by atoms with van der Waals surface area (Å²) < 4.78 is 7.88. The quantitative estimate of drug-likeness (QED) is 0.401. The van der Waals surface area contributed by atoms with Crippen molar-refractivity contribution >= 4 is 5.96 Å². The number of aromatic nitrogens is 2. The Labute approximate surface area is 179 Å². The summed E-state index contributed by atoms with van der Waals surface area (Å²) in [5.41, 5.74) is 3.67. The molecule has 0 bridgehead atoms. The molecule has 1 unspecified atom stereocenters. The van der Waals surface area contributed by atoms with Gasteiger partial charge in [-0.15, -0.1) is 0 Å². The highest BCUT2D eigenvalue weighted by atomic mass is 16.5. The van der Waals surface area contributed by atoms with Gasteiger partial charge < -0.3 is 19.9 Å². The van der Waals surface area contributed by atoms with Crippen LogP contribution in [0.15, 0.2) is 78.3 Å². The van der Waals surface area contributed by atoms with Gasteiger partial charge in [0.2, 0.25) is 0 Å². The highest BCUT2D eigenvalue weighted by molar-refractivity contribution is 5.79. The molecule has 0 amide bonds. The molecule has 158 valence electrons. The lowest BCUT2D eigenvalue weighted by Crippen LogP contribution is -2.39. The third-order valence-electron chi connectivity index (χ3n) is 4.76. The van der Waals surface area contributed by atoms with Crippen LogP contribution in [0.4, 0.5) is 0 Å².